The highest BCUT2D eigenvalue weighted by atomic mass is 19.1. The predicted octanol–water partition coefficient (Wildman–Crippen LogP) is 4.65. The summed E-state index contributed by atoms with van der Waals surface area (Å²) in [5.41, 5.74) is 2.30. The number of fused-ring (bicyclic) bond motifs is 1. The van der Waals surface area contributed by atoms with E-state index in [9.17, 15) is 4.39 Å². The van der Waals surface area contributed by atoms with Gasteiger partial charge in [-0.15, -0.1) is 0 Å². The first-order valence-electron chi connectivity index (χ1n) is 5.58. The smallest absolute Gasteiger partial charge is 0.123 e. The Kier molecular flexibility index (Phi) is 2.37. The molecule has 82 valence electrons. The quantitative estimate of drug-likeness (QED) is 0.562. The van der Waals surface area contributed by atoms with Gasteiger partial charge >= 0.3 is 0 Å². The average Bonchev–Trinajstić information content (AvgIpc) is 2.39. The molecule has 0 nitrogen and oxygen atoms in total. The summed E-state index contributed by atoms with van der Waals surface area (Å²) < 4.78 is 13.2. The molecule has 0 fully saturated rings. The van der Waals surface area contributed by atoms with Crippen molar-refractivity contribution in [3.63, 3.8) is 0 Å². The van der Waals surface area contributed by atoms with Crippen LogP contribution in [0.25, 0.3) is 21.9 Å². The zero-order valence-corrected chi connectivity index (χ0v) is 9.23. The summed E-state index contributed by atoms with van der Waals surface area (Å²) in [5.74, 6) is -0.192. The maximum absolute atomic E-state index is 13.2. The lowest BCUT2D eigenvalue weighted by molar-refractivity contribution is 0.630. The Bertz CT molecular complexity index is 657. The Hall–Kier alpha value is -2.15. The molecule has 1 heteroatoms. The number of hydrogen-bond donors (Lipinski definition) is 0. The monoisotopic (exact) mass is 222 g/mol. The molecule has 0 heterocycles. The molecule has 0 saturated carbocycles. The molecule has 3 rings (SSSR count). The van der Waals surface area contributed by atoms with Gasteiger partial charge in [-0.1, -0.05) is 54.6 Å². The van der Waals surface area contributed by atoms with E-state index in [1.807, 2.05) is 36.4 Å². The third kappa shape index (κ3) is 1.80. The second-order valence-corrected chi connectivity index (χ2v) is 4.04. The minimum atomic E-state index is -0.192. The standard InChI is InChI=1S/C16H11F/c17-14-9-10-16-13(11-14)7-4-8-15(16)12-5-2-1-3-6-12/h1-11H. The fourth-order valence-electron chi connectivity index (χ4n) is 2.12. The molecule has 0 bridgehead atoms. The van der Waals surface area contributed by atoms with E-state index in [4.69, 9.17) is 0 Å². The van der Waals surface area contributed by atoms with Gasteiger partial charge in [0.25, 0.3) is 0 Å². The van der Waals surface area contributed by atoms with E-state index in [-0.39, 0.29) is 5.82 Å². The van der Waals surface area contributed by atoms with Crippen molar-refractivity contribution in [2.75, 3.05) is 0 Å². The van der Waals surface area contributed by atoms with Gasteiger partial charge in [-0.3, -0.25) is 0 Å². The summed E-state index contributed by atoms with van der Waals surface area (Å²) in [6.07, 6.45) is 0. The largest absolute Gasteiger partial charge is 0.207 e. The van der Waals surface area contributed by atoms with Crippen molar-refractivity contribution in [3.8, 4) is 11.1 Å². The van der Waals surface area contributed by atoms with Crippen LogP contribution < -0.4 is 0 Å². The van der Waals surface area contributed by atoms with Crippen molar-refractivity contribution in [2.45, 2.75) is 0 Å². The van der Waals surface area contributed by atoms with E-state index >= 15 is 0 Å². The second-order valence-electron chi connectivity index (χ2n) is 4.04. The molecule has 0 spiro atoms. The van der Waals surface area contributed by atoms with Crippen molar-refractivity contribution in [1.29, 1.82) is 0 Å². The fourth-order valence-corrected chi connectivity index (χ4v) is 2.12. The molecule has 0 atom stereocenters. The third-order valence-electron chi connectivity index (χ3n) is 2.93. The summed E-state index contributed by atoms with van der Waals surface area (Å²) in [4.78, 5) is 0. The topological polar surface area (TPSA) is 0 Å². The molecule has 0 amide bonds. The van der Waals surface area contributed by atoms with Crippen LogP contribution in [0.1, 0.15) is 0 Å². The van der Waals surface area contributed by atoms with Crippen molar-refractivity contribution in [3.05, 3.63) is 72.5 Å². The minimum absolute atomic E-state index is 0.192. The predicted molar refractivity (Wildman–Crippen MR) is 69.3 cm³/mol. The van der Waals surface area contributed by atoms with E-state index in [1.54, 1.807) is 6.07 Å². The molecular formula is C16H11F. The minimum Gasteiger partial charge on any atom is -0.207 e. The van der Waals surface area contributed by atoms with Gasteiger partial charge in [0.05, 0.1) is 0 Å². The van der Waals surface area contributed by atoms with E-state index in [0.29, 0.717) is 0 Å². The fraction of sp³-hybridized carbons (Fsp3) is 0. The Morgan fingerprint density at radius 2 is 1.53 bits per heavy atom. The molecule has 0 aromatic heterocycles. The van der Waals surface area contributed by atoms with Crippen LogP contribution in [0.15, 0.2) is 66.7 Å². The molecule has 0 aliphatic carbocycles. The molecule has 17 heavy (non-hydrogen) atoms. The van der Waals surface area contributed by atoms with Crippen molar-refractivity contribution < 1.29 is 4.39 Å². The van der Waals surface area contributed by atoms with E-state index in [1.165, 1.54) is 6.07 Å². The second kappa shape index (κ2) is 4.02. The molecule has 0 saturated heterocycles. The van der Waals surface area contributed by atoms with Crippen LogP contribution in [-0.4, -0.2) is 0 Å². The normalized spacial score (nSPS) is 10.6. The maximum atomic E-state index is 13.2. The maximum Gasteiger partial charge on any atom is 0.123 e. The van der Waals surface area contributed by atoms with Gasteiger partial charge < -0.3 is 0 Å². The SMILES string of the molecule is Fc1ccc2c(-c3ccccc3)cccc2c1. The summed E-state index contributed by atoms with van der Waals surface area (Å²) in [7, 11) is 0. The average molecular weight is 222 g/mol. The first kappa shape index (κ1) is 10.0. The molecule has 0 N–H and O–H groups in total. The van der Waals surface area contributed by atoms with Crippen molar-refractivity contribution >= 4 is 10.8 Å². The van der Waals surface area contributed by atoms with Gasteiger partial charge in [0.2, 0.25) is 0 Å². The van der Waals surface area contributed by atoms with Gasteiger partial charge in [-0.25, -0.2) is 4.39 Å². The van der Waals surface area contributed by atoms with E-state index < -0.39 is 0 Å². The Balaban J connectivity index is 2.31. The highest BCUT2D eigenvalue weighted by Gasteiger charge is 2.03. The number of halogens is 1. The van der Waals surface area contributed by atoms with Crippen LogP contribution in [-0.2, 0) is 0 Å². The van der Waals surface area contributed by atoms with Crippen LogP contribution in [0.3, 0.4) is 0 Å². The summed E-state index contributed by atoms with van der Waals surface area (Å²) in [5, 5.41) is 2.02. The van der Waals surface area contributed by atoms with E-state index in [0.717, 1.165) is 21.9 Å². The van der Waals surface area contributed by atoms with Crippen LogP contribution >= 0.6 is 0 Å². The van der Waals surface area contributed by atoms with Crippen LogP contribution in [0.5, 0.6) is 0 Å². The molecule has 3 aromatic rings. The highest BCUT2D eigenvalue weighted by molar-refractivity contribution is 5.96. The molecule has 0 aliphatic rings. The number of hydrogen-bond acceptors (Lipinski definition) is 0. The first-order valence-corrected chi connectivity index (χ1v) is 5.58. The molecule has 0 unspecified atom stereocenters. The van der Waals surface area contributed by atoms with Gasteiger partial charge in [-0.2, -0.15) is 0 Å². The van der Waals surface area contributed by atoms with Crippen LogP contribution in [0, 0.1) is 5.82 Å². The van der Waals surface area contributed by atoms with Crippen LogP contribution in [0.2, 0.25) is 0 Å². The third-order valence-corrected chi connectivity index (χ3v) is 2.93. The number of benzene rings is 3. The van der Waals surface area contributed by atoms with Gasteiger partial charge in [0, 0.05) is 0 Å². The lowest BCUT2D eigenvalue weighted by atomic mass is 9.98. The van der Waals surface area contributed by atoms with Crippen LogP contribution in [0.4, 0.5) is 4.39 Å². The van der Waals surface area contributed by atoms with Gasteiger partial charge in [-0.05, 0) is 34.0 Å². The van der Waals surface area contributed by atoms with Crippen molar-refractivity contribution in [2.24, 2.45) is 0 Å². The zero-order chi connectivity index (χ0) is 11.7. The molecule has 0 radical (unpaired) electrons. The van der Waals surface area contributed by atoms with Crippen molar-refractivity contribution in [1.82, 2.24) is 0 Å². The van der Waals surface area contributed by atoms with Gasteiger partial charge in [0.15, 0.2) is 0 Å². The Morgan fingerprint density at radius 3 is 2.35 bits per heavy atom. The van der Waals surface area contributed by atoms with Gasteiger partial charge in [0.1, 0.15) is 5.82 Å². The molecular weight excluding hydrogens is 211 g/mol. The lowest BCUT2D eigenvalue weighted by Crippen LogP contribution is -1.82. The molecule has 0 aliphatic heterocycles. The summed E-state index contributed by atoms with van der Waals surface area (Å²) in [6, 6.07) is 21.0. The first-order chi connectivity index (χ1) is 8.34. The van der Waals surface area contributed by atoms with E-state index in [2.05, 4.69) is 18.2 Å². The highest BCUT2D eigenvalue weighted by Crippen LogP contribution is 2.28. The lowest BCUT2D eigenvalue weighted by Gasteiger charge is -2.06. The summed E-state index contributed by atoms with van der Waals surface area (Å²) in [6.45, 7) is 0. The Labute approximate surface area is 99.3 Å². The number of rotatable bonds is 1. The molecule has 3 aromatic carbocycles. The zero-order valence-electron chi connectivity index (χ0n) is 9.23. The summed E-state index contributed by atoms with van der Waals surface area (Å²) >= 11 is 0. The Morgan fingerprint density at radius 1 is 0.706 bits per heavy atom.